The fraction of sp³-hybridized carbons (Fsp3) is 1.00. The molecule has 2 bridgehead atoms. The van der Waals surface area contributed by atoms with Crippen LogP contribution in [0.25, 0.3) is 0 Å². The normalized spacial score (nSPS) is 39.9. The van der Waals surface area contributed by atoms with Crippen molar-refractivity contribution in [3.05, 3.63) is 0 Å². The third-order valence-electron chi connectivity index (χ3n) is 4.58. The first-order chi connectivity index (χ1) is 7.86. The van der Waals surface area contributed by atoms with Crippen molar-refractivity contribution in [2.75, 3.05) is 32.7 Å². The highest BCUT2D eigenvalue weighted by Gasteiger charge is 2.36. The number of hydrogen-bond acceptors (Lipinski definition) is 4. The lowest BCUT2D eigenvalue weighted by molar-refractivity contribution is -0.00496. The van der Waals surface area contributed by atoms with E-state index < -0.39 is 0 Å². The van der Waals surface area contributed by atoms with Gasteiger partial charge in [0.1, 0.15) is 0 Å². The van der Waals surface area contributed by atoms with Gasteiger partial charge in [0.25, 0.3) is 0 Å². The summed E-state index contributed by atoms with van der Waals surface area (Å²) in [5.74, 6) is 6.77. The van der Waals surface area contributed by atoms with Gasteiger partial charge in [0, 0.05) is 44.8 Å². The second kappa shape index (κ2) is 4.61. The third-order valence-corrected chi connectivity index (χ3v) is 4.58. The Labute approximate surface area is 98.1 Å². The van der Waals surface area contributed by atoms with Crippen molar-refractivity contribution in [2.24, 2.45) is 11.8 Å². The van der Waals surface area contributed by atoms with Crippen molar-refractivity contribution in [2.45, 2.75) is 37.8 Å². The predicted octanol–water partition coefficient (Wildman–Crippen LogP) is 0.00830. The number of hydrazine groups is 1. The molecule has 2 unspecified atom stereocenters. The molecule has 3 N–H and O–H groups in total. The van der Waals surface area contributed by atoms with Crippen LogP contribution in [0.1, 0.15) is 25.7 Å². The highest BCUT2D eigenvalue weighted by atomic mass is 15.4. The van der Waals surface area contributed by atoms with Crippen LogP contribution >= 0.6 is 0 Å². The average Bonchev–Trinajstić information content (AvgIpc) is 3.16. The summed E-state index contributed by atoms with van der Waals surface area (Å²) in [4.78, 5) is 5.23. The van der Waals surface area contributed by atoms with Crippen LogP contribution < -0.4 is 11.3 Å². The number of piperazine rings is 3. The van der Waals surface area contributed by atoms with Crippen LogP contribution in [-0.4, -0.2) is 54.6 Å². The summed E-state index contributed by atoms with van der Waals surface area (Å²) >= 11 is 0. The molecule has 1 aliphatic carbocycles. The van der Waals surface area contributed by atoms with E-state index in [0.717, 1.165) is 5.92 Å². The molecule has 0 aromatic rings. The zero-order chi connectivity index (χ0) is 11.0. The molecule has 4 rings (SSSR count). The molecule has 0 aromatic heterocycles. The molecule has 4 nitrogen and oxygen atoms in total. The Morgan fingerprint density at radius 3 is 2.44 bits per heavy atom. The molecular formula is C12H24N4. The van der Waals surface area contributed by atoms with Crippen LogP contribution in [0.2, 0.25) is 0 Å². The van der Waals surface area contributed by atoms with E-state index in [-0.39, 0.29) is 0 Å². The molecular weight excluding hydrogens is 200 g/mol. The largest absolute Gasteiger partial charge is 0.299 e. The molecule has 0 spiro atoms. The minimum atomic E-state index is 0.503. The lowest BCUT2D eigenvalue weighted by Crippen LogP contribution is -2.67. The van der Waals surface area contributed by atoms with Crippen LogP contribution in [0.3, 0.4) is 0 Å². The summed E-state index contributed by atoms with van der Waals surface area (Å²) in [6.07, 6.45) is 5.55. The van der Waals surface area contributed by atoms with Gasteiger partial charge in [-0.2, -0.15) is 0 Å². The lowest BCUT2D eigenvalue weighted by atomic mass is 9.96. The molecule has 16 heavy (non-hydrogen) atoms. The Balaban J connectivity index is 1.55. The van der Waals surface area contributed by atoms with Gasteiger partial charge in [-0.05, 0) is 18.8 Å². The first-order valence-corrected chi connectivity index (χ1v) is 6.79. The van der Waals surface area contributed by atoms with Crippen molar-refractivity contribution in [1.82, 2.24) is 15.2 Å². The summed E-state index contributed by atoms with van der Waals surface area (Å²) in [5, 5.41) is 0. The maximum Gasteiger partial charge on any atom is 0.0391 e. The quantitative estimate of drug-likeness (QED) is 0.510. The monoisotopic (exact) mass is 224 g/mol. The SMILES string of the molecule is NNC(CCC1CC1)C1CN2CCN1CC2. The van der Waals surface area contributed by atoms with Crippen LogP contribution in [0.4, 0.5) is 0 Å². The second-order valence-electron chi connectivity index (χ2n) is 5.70. The minimum absolute atomic E-state index is 0.503. The highest BCUT2D eigenvalue weighted by Crippen LogP contribution is 2.34. The molecule has 92 valence electrons. The molecule has 1 saturated carbocycles. The van der Waals surface area contributed by atoms with E-state index in [1.54, 1.807) is 0 Å². The first-order valence-electron chi connectivity index (χ1n) is 6.79. The molecule has 0 radical (unpaired) electrons. The Kier molecular flexibility index (Phi) is 3.16. The van der Waals surface area contributed by atoms with Gasteiger partial charge in [0.05, 0.1) is 0 Å². The molecule has 0 amide bonds. The summed E-state index contributed by atoms with van der Waals surface area (Å²) in [6.45, 7) is 6.23. The number of hydrogen-bond donors (Lipinski definition) is 2. The molecule has 2 atom stereocenters. The maximum absolute atomic E-state index is 5.75. The zero-order valence-corrected chi connectivity index (χ0v) is 10.1. The van der Waals surface area contributed by atoms with Gasteiger partial charge in [-0.1, -0.05) is 12.8 Å². The minimum Gasteiger partial charge on any atom is -0.299 e. The van der Waals surface area contributed by atoms with E-state index in [1.807, 2.05) is 0 Å². The molecule has 4 fully saturated rings. The van der Waals surface area contributed by atoms with E-state index in [4.69, 9.17) is 5.84 Å². The first kappa shape index (κ1) is 11.0. The van der Waals surface area contributed by atoms with E-state index in [0.29, 0.717) is 12.1 Å². The van der Waals surface area contributed by atoms with Crippen LogP contribution in [0.15, 0.2) is 0 Å². The fourth-order valence-corrected chi connectivity index (χ4v) is 3.25. The Hall–Kier alpha value is -0.160. The van der Waals surface area contributed by atoms with Crippen LogP contribution in [-0.2, 0) is 0 Å². The number of nitrogens with zero attached hydrogens (tertiary/aromatic N) is 2. The summed E-state index contributed by atoms with van der Waals surface area (Å²) in [6, 6.07) is 1.16. The zero-order valence-electron chi connectivity index (χ0n) is 10.1. The molecule has 4 aliphatic rings. The highest BCUT2D eigenvalue weighted by molar-refractivity contribution is 4.94. The second-order valence-corrected chi connectivity index (χ2v) is 5.70. The lowest BCUT2D eigenvalue weighted by Gasteiger charge is -2.50. The van der Waals surface area contributed by atoms with E-state index in [9.17, 15) is 0 Å². The standard InChI is InChI=1S/C12H24N4/c13-14-11(4-3-10-1-2-10)12-9-15-5-7-16(12)8-6-15/h10-12,14H,1-9,13H2. The van der Waals surface area contributed by atoms with E-state index >= 15 is 0 Å². The van der Waals surface area contributed by atoms with Gasteiger partial charge in [0.15, 0.2) is 0 Å². The van der Waals surface area contributed by atoms with Crippen LogP contribution in [0, 0.1) is 5.92 Å². The van der Waals surface area contributed by atoms with Crippen molar-refractivity contribution in [3.8, 4) is 0 Å². The maximum atomic E-state index is 5.75. The summed E-state index contributed by atoms with van der Waals surface area (Å²) in [7, 11) is 0. The van der Waals surface area contributed by atoms with Gasteiger partial charge in [-0.15, -0.1) is 0 Å². The number of rotatable bonds is 5. The van der Waals surface area contributed by atoms with E-state index in [1.165, 1.54) is 58.4 Å². The summed E-state index contributed by atoms with van der Waals surface area (Å²) in [5.41, 5.74) is 3.07. The Bertz CT molecular complexity index is 233. The van der Waals surface area contributed by atoms with Gasteiger partial charge in [-0.3, -0.25) is 21.1 Å². The Morgan fingerprint density at radius 2 is 1.94 bits per heavy atom. The van der Waals surface area contributed by atoms with Crippen molar-refractivity contribution in [1.29, 1.82) is 0 Å². The predicted molar refractivity (Wildman–Crippen MR) is 64.9 cm³/mol. The smallest absolute Gasteiger partial charge is 0.0391 e. The van der Waals surface area contributed by atoms with Crippen molar-refractivity contribution in [3.63, 3.8) is 0 Å². The number of fused-ring (bicyclic) bond motifs is 3. The molecule has 4 heteroatoms. The number of nitrogens with two attached hydrogens (primary N) is 1. The average molecular weight is 224 g/mol. The van der Waals surface area contributed by atoms with Gasteiger partial charge in [-0.25, -0.2) is 0 Å². The van der Waals surface area contributed by atoms with Crippen molar-refractivity contribution >= 4 is 0 Å². The fourth-order valence-electron chi connectivity index (χ4n) is 3.25. The molecule has 0 aromatic carbocycles. The van der Waals surface area contributed by atoms with Gasteiger partial charge in [0.2, 0.25) is 0 Å². The van der Waals surface area contributed by atoms with Crippen LogP contribution in [0.5, 0.6) is 0 Å². The summed E-state index contributed by atoms with van der Waals surface area (Å²) < 4.78 is 0. The molecule has 3 aliphatic heterocycles. The molecule has 3 saturated heterocycles. The van der Waals surface area contributed by atoms with Gasteiger partial charge < -0.3 is 0 Å². The van der Waals surface area contributed by atoms with Gasteiger partial charge >= 0.3 is 0 Å². The third kappa shape index (κ3) is 2.25. The topological polar surface area (TPSA) is 44.5 Å². The molecule has 3 heterocycles. The van der Waals surface area contributed by atoms with Crippen molar-refractivity contribution < 1.29 is 0 Å². The number of nitrogens with one attached hydrogen (secondary N) is 1. The Morgan fingerprint density at radius 1 is 1.19 bits per heavy atom. The van der Waals surface area contributed by atoms with E-state index in [2.05, 4.69) is 15.2 Å².